The second-order valence-electron chi connectivity index (χ2n) is 11.2. The molecular weight excluding hydrogens is 440 g/mol. The Morgan fingerprint density at radius 2 is 0.750 bits per heavy atom. The molecule has 0 fully saturated rings. The number of allylic oxidation sites excluding steroid dienone is 1. The van der Waals surface area contributed by atoms with Crippen molar-refractivity contribution in [1.82, 2.24) is 0 Å². The van der Waals surface area contributed by atoms with Crippen LogP contribution >= 0.6 is 0 Å². The molecule has 0 heterocycles. The maximum atomic E-state index is 12.4. The Morgan fingerprint density at radius 3 is 1.11 bits per heavy atom. The molecule has 0 atom stereocenters. The van der Waals surface area contributed by atoms with E-state index in [4.69, 9.17) is 4.74 Å². The van der Waals surface area contributed by atoms with Gasteiger partial charge in [-0.1, -0.05) is 168 Å². The Balaban J connectivity index is 3.91. The molecule has 0 amide bonds. The van der Waals surface area contributed by atoms with Gasteiger partial charge >= 0.3 is 5.97 Å². The summed E-state index contributed by atoms with van der Waals surface area (Å²) in [5.74, 6) is -0.0964. The van der Waals surface area contributed by atoms with Crippen molar-refractivity contribution in [2.75, 3.05) is 6.61 Å². The van der Waals surface area contributed by atoms with Crippen LogP contribution in [-0.2, 0) is 9.53 Å². The summed E-state index contributed by atoms with van der Waals surface area (Å²) in [4.78, 5) is 12.4. The molecule has 0 aromatic carbocycles. The molecule has 2 nitrogen and oxygen atoms in total. The summed E-state index contributed by atoms with van der Waals surface area (Å²) < 4.78 is 5.58. The molecule has 0 aromatic heterocycles. The summed E-state index contributed by atoms with van der Waals surface area (Å²) in [7, 11) is 0. The Labute approximate surface area is 227 Å². The van der Waals surface area contributed by atoms with Crippen LogP contribution in [0.4, 0.5) is 0 Å². The topological polar surface area (TPSA) is 26.3 Å². The second kappa shape index (κ2) is 30.4. The maximum absolute atomic E-state index is 12.4. The molecule has 0 unspecified atom stereocenters. The Kier molecular flexibility index (Phi) is 29.8. The zero-order chi connectivity index (χ0) is 26.4. The first-order valence-electron chi connectivity index (χ1n) is 16.6. The van der Waals surface area contributed by atoms with Gasteiger partial charge in [-0.05, 0) is 32.1 Å². The van der Waals surface area contributed by atoms with Crippen LogP contribution in [0.5, 0.6) is 0 Å². The van der Waals surface area contributed by atoms with E-state index in [1.165, 1.54) is 160 Å². The lowest BCUT2D eigenvalue weighted by atomic mass is 9.99. The van der Waals surface area contributed by atoms with Gasteiger partial charge in [0.1, 0.15) is 0 Å². The minimum atomic E-state index is -0.0964. The molecule has 0 saturated carbocycles. The first-order chi connectivity index (χ1) is 17.7. The quantitative estimate of drug-likeness (QED) is 0.0572. The van der Waals surface area contributed by atoms with E-state index in [9.17, 15) is 4.79 Å². The second-order valence-corrected chi connectivity index (χ2v) is 11.2. The highest BCUT2D eigenvalue weighted by atomic mass is 16.5. The molecule has 0 aliphatic rings. The summed E-state index contributed by atoms with van der Waals surface area (Å²) in [5, 5.41) is 0. The van der Waals surface area contributed by atoms with Crippen molar-refractivity contribution in [3.8, 4) is 0 Å². The molecule has 214 valence electrons. The number of rotatable bonds is 29. The van der Waals surface area contributed by atoms with Crippen LogP contribution < -0.4 is 0 Å². The molecule has 0 aliphatic carbocycles. The predicted octanol–water partition coefficient (Wildman–Crippen LogP) is 12.0. The molecule has 0 aromatic rings. The monoisotopic (exact) mass is 507 g/mol. The smallest absolute Gasteiger partial charge is 0.330 e. The maximum Gasteiger partial charge on any atom is 0.330 e. The molecule has 0 rings (SSSR count). The fourth-order valence-corrected chi connectivity index (χ4v) is 5.04. The first kappa shape index (κ1) is 35.2. The van der Waals surface area contributed by atoms with Crippen LogP contribution in [0.3, 0.4) is 0 Å². The molecule has 0 N–H and O–H groups in total. The minimum Gasteiger partial charge on any atom is -0.463 e. The highest BCUT2D eigenvalue weighted by Crippen LogP contribution is 2.19. The van der Waals surface area contributed by atoms with Crippen molar-refractivity contribution in [2.24, 2.45) is 0 Å². The molecule has 2 heteroatoms. The molecule has 36 heavy (non-hydrogen) atoms. The number of carbonyl (C=O) groups excluding carboxylic acids is 1. The van der Waals surface area contributed by atoms with Gasteiger partial charge in [-0.2, -0.15) is 0 Å². The van der Waals surface area contributed by atoms with Crippen LogP contribution in [0.15, 0.2) is 11.6 Å². The van der Waals surface area contributed by atoms with E-state index in [0.29, 0.717) is 6.61 Å². The Hall–Kier alpha value is -0.790. The fraction of sp³-hybridized carbons (Fsp3) is 0.912. The van der Waals surface area contributed by atoms with E-state index in [1.807, 2.05) is 6.08 Å². The van der Waals surface area contributed by atoms with Crippen LogP contribution in [0.2, 0.25) is 0 Å². The van der Waals surface area contributed by atoms with Crippen molar-refractivity contribution in [3.05, 3.63) is 11.6 Å². The first-order valence-corrected chi connectivity index (χ1v) is 16.6. The van der Waals surface area contributed by atoms with E-state index in [1.54, 1.807) is 0 Å². The van der Waals surface area contributed by atoms with Gasteiger partial charge in [-0.3, -0.25) is 0 Å². The van der Waals surface area contributed by atoms with Gasteiger partial charge in [0.25, 0.3) is 0 Å². The SMILES string of the molecule is CCCCCCCCCCCCCCCOC(=O)C=C(CCCCCCCC)CCCCCCCC. The molecule has 0 aliphatic heterocycles. The number of hydrogen-bond acceptors (Lipinski definition) is 2. The van der Waals surface area contributed by atoms with Gasteiger partial charge < -0.3 is 4.74 Å². The average molecular weight is 507 g/mol. The van der Waals surface area contributed by atoms with Gasteiger partial charge in [0, 0.05) is 6.08 Å². The van der Waals surface area contributed by atoms with Crippen LogP contribution in [0.1, 0.15) is 194 Å². The van der Waals surface area contributed by atoms with Crippen molar-refractivity contribution in [1.29, 1.82) is 0 Å². The van der Waals surface area contributed by atoms with Crippen molar-refractivity contribution in [2.45, 2.75) is 194 Å². The van der Waals surface area contributed by atoms with Crippen LogP contribution in [0.25, 0.3) is 0 Å². The van der Waals surface area contributed by atoms with E-state index >= 15 is 0 Å². The zero-order valence-electron chi connectivity index (χ0n) is 25.2. The van der Waals surface area contributed by atoms with Gasteiger partial charge in [0.2, 0.25) is 0 Å². The third kappa shape index (κ3) is 27.8. The van der Waals surface area contributed by atoms with Crippen LogP contribution in [-0.4, -0.2) is 12.6 Å². The molecule has 0 saturated heterocycles. The lowest BCUT2D eigenvalue weighted by Gasteiger charge is -2.09. The molecule has 0 bridgehead atoms. The van der Waals surface area contributed by atoms with E-state index in [0.717, 1.165) is 19.3 Å². The lowest BCUT2D eigenvalue weighted by molar-refractivity contribution is -0.137. The normalized spacial score (nSPS) is 11.1. The summed E-state index contributed by atoms with van der Waals surface area (Å²) in [6.07, 6.45) is 37.2. The average Bonchev–Trinajstić information content (AvgIpc) is 2.88. The van der Waals surface area contributed by atoms with E-state index < -0.39 is 0 Å². The predicted molar refractivity (Wildman–Crippen MR) is 161 cm³/mol. The third-order valence-corrected chi connectivity index (χ3v) is 7.52. The largest absolute Gasteiger partial charge is 0.463 e. The van der Waals surface area contributed by atoms with Crippen LogP contribution in [0, 0.1) is 0 Å². The number of carbonyl (C=O) groups is 1. The zero-order valence-corrected chi connectivity index (χ0v) is 25.2. The number of ether oxygens (including phenoxy) is 1. The highest BCUT2D eigenvalue weighted by molar-refractivity contribution is 5.82. The summed E-state index contributed by atoms with van der Waals surface area (Å²) in [6.45, 7) is 7.41. The Bertz CT molecular complexity index is 450. The number of hydrogen-bond donors (Lipinski definition) is 0. The minimum absolute atomic E-state index is 0.0964. The third-order valence-electron chi connectivity index (χ3n) is 7.52. The summed E-state index contributed by atoms with van der Waals surface area (Å²) >= 11 is 0. The summed E-state index contributed by atoms with van der Waals surface area (Å²) in [5.41, 5.74) is 1.33. The van der Waals surface area contributed by atoms with Crippen molar-refractivity contribution < 1.29 is 9.53 Å². The molecular formula is C34H66O2. The molecule has 0 spiro atoms. The Morgan fingerprint density at radius 1 is 0.444 bits per heavy atom. The lowest BCUT2D eigenvalue weighted by Crippen LogP contribution is -2.04. The van der Waals surface area contributed by atoms with Gasteiger partial charge in [-0.15, -0.1) is 0 Å². The van der Waals surface area contributed by atoms with Crippen molar-refractivity contribution in [3.63, 3.8) is 0 Å². The standard InChI is InChI=1S/C34H66O2/c1-4-7-10-13-16-17-18-19-20-21-22-25-28-31-36-34(35)32-33(29-26-23-14-11-8-5-2)30-27-24-15-12-9-6-3/h32H,4-31H2,1-3H3. The van der Waals surface area contributed by atoms with E-state index in [2.05, 4.69) is 20.8 Å². The molecule has 0 radical (unpaired) electrons. The summed E-state index contributed by atoms with van der Waals surface area (Å²) in [6, 6.07) is 0. The van der Waals surface area contributed by atoms with Gasteiger partial charge in [0.05, 0.1) is 6.61 Å². The highest BCUT2D eigenvalue weighted by Gasteiger charge is 2.05. The van der Waals surface area contributed by atoms with Crippen molar-refractivity contribution >= 4 is 5.97 Å². The van der Waals surface area contributed by atoms with E-state index in [-0.39, 0.29) is 5.97 Å². The number of unbranched alkanes of at least 4 members (excludes halogenated alkanes) is 22. The van der Waals surface area contributed by atoms with Gasteiger partial charge in [0.15, 0.2) is 0 Å². The van der Waals surface area contributed by atoms with Gasteiger partial charge in [-0.25, -0.2) is 4.79 Å². The number of esters is 1. The fourth-order valence-electron chi connectivity index (χ4n) is 5.04.